The minimum atomic E-state index is 0.0682. The lowest BCUT2D eigenvalue weighted by molar-refractivity contribution is 0.315. The van der Waals surface area contributed by atoms with Crippen LogP contribution in [0.25, 0.3) is 0 Å². The number of benzene rings is 1. The Kier molecular flexibility index (Phi) is 5.59. The molecule has 0 saturated heterocycles. The maximum Gasteiger partial charge on any atom is 0.137 e. The number of rotatable bonds is 6. The zero-order chi connectivity index (χ0) is 15.2. The molecule has 3 nitrogen and oxygen atoms in total. The first-order valence-electron chi connectivity index (χ1n) is 7.16. The summed E-state index contributed by atoms with van der Waals surface area (Å²) in [5.74, 6) is 0.806. The van der Waals surface area contributed by atoms with Crippen molar-refractivity contribution in [2.24, 2.45) is 0 Å². The van der Waals surface area contributed by atoms with Crippen molar-refractivity contribution in [2.45, 2.75) is 26.3 Å². The largest absolute Gasteiger partial charge is 0.492 e. The highest BCUT2D eigenvalue weighted by Gasteiger charge is 2.14. The fourth-order valence-electron chi connectivity index (χ4n) is 2.27. The third kappa shape index (κ3) is 3.96. The molecule has 1 aromatic carbocycles. The number of aromatic nitrogens is 1. The Hall–Kier alpha value is -1.58. The molecular weight excluding hydrogens is 284 g/mol. The SMILES string of the molecule is CCCOc1cncc(C(NC)c2ccc(Cl)c(C)c2)c1. The molecule has 0 amide bonds. The number of ether oxygens (including phenoxy) is 1. The molecule has 1 aromatic heterocycles. The van der Waals surface area contributed by atoms with Gasteiger partial charge in [0, 0.05) is 11.2 Å². The first kappa shape index (κ1) is 15.8. The topological polar surface area (TPSA) is 34.1 Å². The standard InChI is InChI=1S/C17H21ClN2O/c1-4-7-21-15-9-14(10-20-11-15)17(19-3)13-5-6-16(18)12(2)8-13/h5-6,8-11,17,19H,4,7H2,1-3H3. The summed E-state index contributed by atoms with van der Waals surface area (Å²) in [6, 6.07) is 8.17. The van der Waals surface area contributed by atoms with Crippen LogP contribution < -0.4 is 10.1 Å². The van der Waals surface area contributed by atoms with Crippen molar-refractivity contribution < 1.29 is 4.74 Å². The molecule has 0 aliphatic heterocycles. The molecule has 1 N–H and O–H groups in total. The first-order valence-corrected chi connectivity index (χ1v) is 7.54. The molecule has 1 heterocycles. The van der Waals surface area contributed by atoms with E-state index in [4.69, 9.17) is 16.3 Å². The Bertz CT molecular complexity index is 601. The molecule has 2 aromatic rings. The van der Waals surface area contributed by atoms with Crippen LogP contribution in [-0.2, 0) is 0 Å². The van der Waals surface area contributed by atoms with E-state index in [9.17, 15) is 0 Å². The van der Waals surface area contributed by atoms with Gasteiger partial charge in [0.25, 0.3) is 0 Å². The number of hydrogen-bond donors (Lipinski definition) is 1. The number of hydrogen-bond acceptors (Lipinski definition) is 3. The summed E-state index contributed by atoms with van der Waals surface area (Å²) in [5.41, 5.74) is 3.31. The van der Waals surface area contributed by atoms with Gasteiger partial charge in [0.05, 0.1) is 18.8 Å². The van der Waals surface area contributed by atoms with E-state index in [1.807, 2.05) is 38.4 Å². The molecule has 1 atom stereocenters. The van der Waals surface area contributed by atoms with Crippen molar-refractivity contribution in [3.05, 3.63) is 58.4 Å². The van der Waals surface area contributed by atoms with Gasteiger partial charge in [-0.3, -0.25) is 4.98 Å². The lowest BCUT2D eigenvalue weighted by atomic mass is 9.98. The second-order valence-electron chi connectivity index (χ2n) is 5.03. The zero-order valence-corrected chi connectivity index (χ0v) is 13.4. The van der Waals surface area contributed by atoms with E-state index in [-0.39, 0.29) is 6.04 Å². The molecular formula is C17H21ClN2O. The van der Waals surface area contributed by atoms with Gasteiger partial charge in [0.2, 0.25) is 0 Å². The molecule has 0 fully saturated rings. The number of pyridine rings is 1. The van der Waals surface area contributed by atoms with Crippen LogP contribution in [0.15, 0.2) is 36.7 Å². The second kappa shape index (κ2) is 7.43. The average molecular weight is 305 g/mol. The third-order valence-corrected chi connectivity index (χ3v) is 3.77. The number of aryl methyl sites for hydroxylation is 1. The van der Waals surface area contributed by atoms with E-state index in [1.165, 1.54) is 0 Å². The summed E-state index contributed by atoms with van der Waals surface area (Å²) in [6.45, 7) is 4.80. The average Bonchev–Trinajstić information content (AvgIpc) is 2.50. The Morgan fingerprint density at radius 1 is 1.24 bits per heavy atom. The molecule has 2 rings (SSSR count). The Morgan fingerprint density at radius 2 is 2.05 bits per heavy atom. The van der Waals surface area contributed by atoms with Gasteiger partial charge in [0.1, 0.15) is 5.75 Å². The van der Waals surface area contributed by atoms with Crippen molar-refractivity contribution in [3.63, 3.8) is 0 Å². The van der Waals surface area contributed by atoms with Gasteiger partial charge < -0.3 is 10.1 Å². The van der Waals surface area contributed by atoms with Gasteiger partial charge in [-0.2, -0.15) is 0 Å². The van der Waals surface area contributed by atoms with E-state index in [1.54, 1.807) is 6.20 Å². The Morgan fingerprint density at radius 3 is 2.71 bits per heavy atom. The van der Waals surface area contributed by atoms with Crippen molar-refractivity contribution in [1.29, 1.82) is 0 Å². The predicted molar refractivity (Wildman–Crippen MR) is 87.1 cm³/mol. The summed E-state index contributed by atoms with van der Waals surface area (Å²) >= 11 is 6.10. The van der Waals surface area contributed by atoms with Gasteiger partial charge in [-0.05, 0) is 49.2 Å². The minimum Gasteiger partial charge on any atom is -0.492 e. The van der Waals surface area contributed by atoms with Gasteiger partial charge in [0.15, 0.2) is 0 Å². The summed E-state index contributed by atoms with van der Waals surface area (Å²) in [7, 11) is 1.94. The monoisotopic (exact) mass is 304 g/mol. The quantitative estimate of drug-likeness (QED) is 0.871. The van der Waals surface area contributed by atoms with Crippen molar-refractivity contribution in [2.75, 3.05) is 13.7 Å². The van der Waals surface area contributed by atoms with E-state index >= 15 is 0 Å². The van der Waals surface area contributed by atoms with E-state index in [0.717, 1.165) is 33.9 Å². The van der Waals surface area contributed by atoms with Crippen LogP contribution in [0.1, 0.15) is 36.1 Å². The van der Waals surface area contributed by atoms with Gasteiger partial charge >= 0.3 is 0 Å². The minimum absolute atomic E-state index is 0.0682. The van der Waals surface area contributed by atoms with Crippen molar-refractivity contribution in [1.82, 2.24) is 10.3 Å². The van der Waals surface area contributed by atoms with Gasteiger partial charge in [-0.25, -0.2) is 0 Å². The van der Waals surface area contributed by atoms with E-state index in [2.05, 4.69) is 23.3 Å². The molecule has 0 spiro atoms. The smallest absolute Gasteiger partial charge is 0.137 e. The van der Waals surface area contributed by atoms with Crippen LogP contribution in [0.2, 0.25) is 5.02 Å². The van der Waals surface area contributed by atoms with Crippen molar-refractivity contribution in [3.8, 4) is 5.75 Å². The molecule has 4 heteroatoms. The van der Waals surface area contributed by atoms with E-state index in [0.29, 0.717) is 6.61 Å². The fourth-order valence-corrected chi connectivity index (χ4v) is 2.38. The zero-order valence-electron chi connectivity index (χ0n) is 12.7. The van der Waals surface area contributed by atoms with Crippen LogP contribution >= 0.6 is 11.6 Å². The molecule has 112 valence electrons. The maximum absolute atomic E-state index is 6.10. The lowest BCUT2D eigenvalue weighted by Gasteiger charge is -2.18. The van der Waals surface area contributed by atoms with Crippen LogP contribution in [-0.4, -0.2) is 18.6 Å². The van der Waals surface area contributed by atoms with Crippen molar-refractivity contribution >= 4 is 11.6 Å². The molecule has 1 unspecified atom stereocenters. The van der Waals surface area contributed by atoms with Gasteiger partial charge in [-0.15, -0.1) is 0 Å². The highest BCUT2D eigenvalue weighted by Crippen LogP contribution is 2.27. The van der Waals surface area contributed by atoms with Crippen LogP contribution in [0, 0.1) is 6.92 Å². The highest BCUT2D eigenvalue weighted by atomic mass is 35.5. The van der Waals surface area contributed by atoms with Gasteiger partial charge in [-0.1, -0.05) is 30.7 Å². The summed E-state index contributed by atoms with van der Waals surface area (Å²) in [5, 5.41) is 4.11. The first-order chi connectivity index (χ1) is 10.2. The van der Waals surface area contributed by atoms with E-state index < -0.39 is 0 Å². The summed E-state index contributed by atoms with van der Waals surface area (Å²) in [4.78, 5) is 4.28. The number of halogens is 1. The van der Waals surface area contributed by atoms with Crippen LogP contribution in [0.4, 0.5) is 0 Å². The molecule has 0 aliphatic rings. The fraction of sp³-hybridized carbons (Fsp3) is 0.353. The van der Waals surface area contributed by atoms with Crippen LogP contribution in [0.3, 0.4) is 0 Å². The highest BCUT2D eigenvalue weighted by molar-refractivity contribution is 6.31. The summed E-state index contributed by atoms with van der Waals surface area (Å²) < 4.78 is 5.66. The normalized spacial score (nSPS) is 12.2. The number of nitrogens with one attached hydrogen (secondary N) is 1. The molecule has 0 bridgehead atoms. The molecule has 0 saturated carbocycles. The predicted octanol–water partition coefficient (Wildman–Crippen LogP) is 4.14. The lowest BCUT2D eigenvalue weighted by Crippen LogP contribution is -2.18. The molecule has 0 aliphatic carbocycles. The number of nitrogens with zero attached hydrogens (tertiary/aromatic N) is 1. The third-order valence-electron chi connectivity index (χ3n) is 3.34. The molecule has 0 radical (unpaired) electrons. The van der Waals surface area contributed by atoms with Crippen LogP contribution in [0.5, 0.6) is 5.75 Å². The molecule has 21 heavy (non-hydrogen) atoms. The maximum atomic E-state index is 6.10. The second-order valence-corrected chi connectivity index (χ2v) is 5.44. The summed E-state index contributed by atoms with van der Waals surface area (Å²) in [6.07, 6.45) is 4.60. The Balaban J connectivity index is 2.30. The Labute approximate surface area is 131 Å².